The topological polar surface area (TPSA) is 76.4 Å². The van der Waals surface area contributed by atoms with Crippen LogP contribution in [0.4, 0.5) is 0 Å². The van der Waals surface area contributed by atoms with E-state index in [4.69, 9.17) is 4.74 Å². The molecule has 8 heteroatoms. The first-order valence-corrected chi connectivity index (χ1v) is 9.96. The fraction of sp³-hybridized carbons (Fsp3) is 0.364. The molecule has 4 rings (SSSR count). The first-order valence-electron chi connectivity index (χ1n) is 9.96. The van der Waals surface area contributed by atoms with Crippen molar-refractivity contribution in [2.75, 3.05) is 34.3 Å². The summed E-state index contributed by atoms with van der Waals surface area (Å²) in [4.78, 5) is 26.2. The molecule has 0 spiro atoms. The molecule has 0 bridgehead atoms. The highest BCUT2D eigenvalue weighted by atomic mass is 16.5. The molecule has 2 aromatic heterocycles. The van der Waals surface area contributed by atoms with Gasteiger partial charge in [-0.3, -0.25) is 4.79 Å². The van der Waals surface area contributed by atoms with Gasteiger partial charge < -0.3 is 14.5 Å². The van der Waals surface area contributed by atoms with E-state index in [0.29, 0.717) is 17.6 Å². The van der Waals surface area contributed by atoms with E-state index in [1.54, 1.807) is 24.2 Å². The summed E-state index contributed by atoms with van der Waals surface area (Å²) in [5, 5.41) is 4.41. The van der Waals surface area contributed by atoms with Gasteiger partial charge >= 0.3 is 0 Å². The largest absolute Gasteiger partial charge is 0.496 e. The smallest absolute Gasteiger partial charge is 0.257 e. The molecule has 1 saturated heterocycles. The van der Waals surface area contributed by atoms with Crippen LogP contribution in [0.1, 0.15) is 22.5 Å². The van der Waals surface area contributed by atoms with Gasteiger partial charge in [-0.1, -0.05) is 12.1 Å². The van der Waals surface area contributed by atoms with Crippen LogP contribution >= 0.6 is 0 Å². The Hall–Kier alpha value is -3.26. The molecule has 30 heavy (non-hydrogen) atoms. The van der Waals surface area contributed by atoms with Gasteiger partial charge in [0.25, 0.3) is 11.9 Å². The van der Waals surface area contributed by atoms with Gasteiger partial charge in [-0.05, 0) is 45.6 Å². The van der Waals surface area contributed by atoms with Gasteiger partial charge in [0.05, 0.1) is 30.3 Å². The molecule has 1 aromatic carbocycles. The number of likely N-dealkylation sites (tertiary alicyclic amines) is 1. The minimum absolute atomic E-state index is 0.00369. The minimum Gasteiger partial charge on any atom is -0.496 e. The van der Waals surface area contributed by atoms with E-state index in [-0.39, 0.29) is 5.91 Å². The molecule has 1 amide bonds. The van der Waals surface area contributed by atoms with E-state index in [0.717, 1.165) is 42.2 Å². The number of nitrogens with zero attached hydrogens (tertiary/aromatic N) is 6. The first-order chi connectivity index (χ1) is 14.5. The number of hydrogen-bond acceptors (Lipinski definition) is 6. The molecule has 1 aliphatic rings. The third-order valence-electron chi connectivity index (χ3n) is 5.64. The van der Waals surface area contributed by atoms with E-state index in [1.165, 1.54) is 0 Å². The lowest BCUT2D eigenvalue weighted by Crippen LogP contribution is -2.34. The Labute approximate surface area is 176 Å². The molecule has 0 aliphatic carbocycles. The van der Waals surface area contributed by atoms with Gasteiger partial charge in [0.2, 0.25) is 0 Å². The highest BCUT2D eigenvalue weighted by Gasteiger charge is 2.30. The first kappa shape index (κ1) is 20.0. The second-order valence-electron chi connectivity index (χ2n) is 7.65. The number of rotatable bonds is 5. The van der Waals surface area contributed by atoms with Gasteiger partial charge in [0, 0.05) is 30.9 Å². The maximum absolute atomic E-state index is 13.0. The number of methoxy groups -OCH3 is 1. The molecule has 3 aromatic rings. The van der Waals surface area contributed by atoms with Crippen LogP contribution in [0.2, 0.25) is 0 Å². The fourth-order valence-electron chi connectivity index (χ4n) is 3.80. The van der Waals surface area contributed by atoms with Crippen molar-refractivity contribution in [2.24, 2.45) is 0 Å². The number of amides is 1. The number of carbonyl (C=O) groups is 1. The maximum Gasteiger partial charge on any atom is 0.257 e. The Kier molecular flexibility index (Phi) is 5.50. The normalized spacial score (nSPS) is 16.3. The number of benzene rings is 1. The molecule has 0 radical (unpaired) electrons. The number of hydrogen-bond donors (Lipinski definition) is 0. The zero-order valence-electron chi connectivity index (χ0n) is 17.7. The third-order valence-corrected chi connectivity index (χ3v) is 5.64. The second kappa shape index (κ2) is 8.23. The van der Waals surface area contributed by atoms with Crippen molar-refractivity contribution in [1.29, 1.82) is 0 Å². The zero-order chi connectivity index (χ0) is 21.3. The van der Waals surface area contributed by atoms with Gasteiger partial charge in [-0.2, -0.15) is 5.10 Å². The SMILES string of the molecule is COc1ccccc1-c1ccnc(-n2ncc(C(=O)N3CCC(N(C)C)C3)c2C)n1. The summed E-state index contributed by atoms with van der Waals surface area (Å²) in [6, 6.07) is 9.92. The molecule has 0 saturated carbocycles. The molecule has 1 fully saturated rings. The summed E-state index contributed by atoms with van der Waals surface area (Å²) in [7, 11) is 5.73. The number of likely N-dealkylation sites (N-methyl/N-ethyl adjacent to an activating group) is 1. The number of ether oxygens (including phenoxy) is 1. The summed E-state index contributed by atoms with van der Waals surface area (Å²) in [6.45, 7) is 3.36. The predicted octanol–water partition coefficient (Wildman–Crippen LogP) is 2.42. The lowest BCUT2D eigenvalue weighted by atomic mass is 10.1. The molecule has 3 heterocycles. The van der Waals surface area contributed by atoms with Gasteiger partial charge in [-0.15, -0.1) is 0 Å². The van der Waals surface area contributed by atoms with Gasteiger partial charge in [-0.25, -0.2) is 14.6 Å². The molecule has 8 nitrogen and oxygen atoms in total. The average Bonchev–Trinajstić information content (AvgIpc) is 3.41. The van der Waals surface area contributed by atoms with Gasteiger partial charge in [0.15, 0.2) is 0 Å². The second-order valence-corrected chi connectivity index (χ2v) is 7.65. The van der Waals surface area contributed by atoms with Gasteiger partial charge in [0.1, 0.15) is 5.75 Å². The maximum atomic E-state index is 13.0. The summed E-state index contributed by atoms with van der Waals surface area (Å²) in [5.41, 5.74) is 2.91. The van der Waals surface area contributed by atoms with Crippen molar-refractivity contribution in [2.45, 2.75) is 19.4 Å². The molecule has 0 N–H and O–H groups in total. The van der Waals surface area contributed by atoms with Crippen LogP contribution in [0, 0.1) is 6.92 Å². The van der Waals surface area contributed by atoms with Crippen LogP contribution < -0.4 is 4.74 Å². The lowest BCUT2D eigenvalue weighted by molar-refractivity contribution is 0.0782. The van der Waals surface area contributed by atoms with Crippen LogP contribution in [-0.2, 0) is 0 Å². The minimum atomic E-state index is 0.00369. The van der Waals surface area contributed by atoms with Crippen molar-refractivity contribution < 1.29 is 9.53 Å². The Balaban J connectivity index is 1.62. The van der Waals surface area contributed by atoms with E-state index in [9.17, 15) is 4.79 Å². The molecule has 1 aliphatic heterocycles. The lowest BCUT2D eigenvalue weighted by Gasteiger charge is -2.20. The molecule has 1 unspecified atom stereocenters. The predicted molar refractivity (Wildman–Crippen MR) is 114 cm³/mol. The number of carbonyl (C=O) groups excluding carboxylic acids is 1. The van der Waals surface area contributed by atoms with Crippen LogP contribution in [0.5, 0.6) is 5.75 Å². The number of aromatic nitrogens is 4. The van der Waals surface area contributed by atoms with Crippen LogP contribution in [0.15, 0.2) is 42.7 Å². The highest BCUT2D eigenvalue weighted by molar-refractivity contribution is 5.95. The Morgan fingerprint density at radius 3 is 2.77 bits per heavy atom. The van der Waals surface area contributed by atoms with E-state index < -0.39 is 0 Å². The number of para-hydroxylation sites is 1. The molecular formula is C22H26N6O2. The average molecular weight is 406 g/mol. The fourth-order valence-corrected chi connectivity index (χ4v) is 3.80. The summed E-state index contributed by atoms with van der Waals surface area (Å²) < 4.78 is 7.07. The summed E-state index contributed by atoms with van der Waals surface area (Å²) in [6.07, 6.45) is 4.28. The highest BCUT2D eigenvalue weighted by Crippen LogP contribution is 2.28. The van der Waals surface area contributed by atoms with E-state index in [1.807, 2.05) is 56.3 Å². The van der Waals surface area contributed by atoms with Crippen LogP contribution in [0.3, 0.4) is 0 Å². The van der Waals surface area contributed by atoms with E-state index in [2.05, 4.69) is 20.0 Å². The van der Waals surface area contributed by atoms with Crippen molar-refractivity contribution in [1.82, 2.24) is 29.5 Å². The Bertz CT molecular complexity index is 1060. The standard InChI is InChI=1S/C22H26N6O2/c1-15-18(21(29)27-12-10-16(14-27)26(2)3)13-24-28(15)22-23-11-9-19(25-22)17-7-5-6-8-20(17)30-4/h5-9,11,13,16H,10,12,14H2,1-4H3. The van der Waals surface area contributed by atoms with Crippen LogP contribution in [0.25, 0.3) is 17.2 Å². The van der Waals surface area contributed by atoms with Crippen LogP contribution in [-0.4, -0.2) is 75.8 Å². The van der Waals surface area contributed by atoms with Crippen molar-refractivity contribution >= 4 is 5.91 Å². The molecule has 1 atom stereocenters. The zero-order valence-corrected chi connectivity index (χ0v) is 17.7. The monoisotopic (exact) mass is 406 g/mol. The van der Waals surface area contributed by atoms with Crippen molar-refractivity contribution in [3.05, 3.63) is 54.0 Å². The Morgan fingerprint density at radius 1 is 1.23 bits per heavy atom. The van der Waals surface area contributed by atoms with Crippen molar-refractivity contribution in [3.63, 3.8) is 0 Å². The summed E-state index contributed by atoms with van der Waals surface area (Å²) in [5.74, 6) is 1.16. The molecular weight excluding hydrogens is 380 g/mol. The molecule has 156 valence electrons. The van der Waals surface area contributed by atoms with Crippen molar-refractivity contribution in [3.8, 4) is 23.0 Å². The summed E-state index contributed by atoms with van der Waals surface area (Å²) >= 11 is 0. The van der Waals surface area contributed by atoms with E-state index >= 15 is 0 Å². The Morgan fingerprint density at radius 2 is 2.03 bits per heavy atom. The third kappa shape index (κ3) is 3.66. The quantitative estimate of drug-likeness (QED) is 0.648.